The summed E-state index contributed by atoms with van der Waals surface area (Å²) in [7, 11) is 0. The Hall–Kier alpha value is -2.24. The van der Waals surface area contributed by atoms with Crippen molar-refractivity contribution in [1.29, 1.82) is 0 Å². The van der Waals surface area contributed by atoms with Crippen molar-refractivity contribution in [1.82, 2.24) is 10.6 Å². The molecule has 1 aliphatic carbocycles. The Bertz CT molecular complexity index is 841. The first-order valence-corrected chi connectivity index (χ1v) is 10.5. The lowest BCUT2D eigenvalue weighted by molar-refractivity contribution is -0.129. The van der Waals surface area contributed by atoms with E-state index in [9.17, 15) is 9.59 Å². The van der Waals surface area contributed by atoms with E-state index >= 15 is 0 Å². The van der Waals surface area contributed by atoms with E-state index in [2.05, 4.69) is 10.6 Å². The molecule has 3 rings (SSSR count). The molecule has 1 unspecified atom stereocenters. The second-order valence-corrected chi connectivity index (χ2v) is 7.96. The van der Waals surface area contributed by atoms with E-state index < -0.39 is 6.04 Å². The lowest BCUT2D eigenvalue weighted by Crippen LogP contribution is -2.48. The number of nitrogens with one attached hydrogen (secondary N) is 2. The van der Waals surface area contributed by atoms with E-state index in [1.807, 2.05) is 30.3 Å². The van der Waals surface area contributed by atoms with Crippen molar-refractivity contribution < 1.29 is 14.3 Å². The fraction of sp³-hybridized carbons (Fsp3) is 0.364. The molecular formula is C22H24Cl2N2O3. The van der Waals surface area contributed by atoms with E-state index in [1.165, 1.54) is 0 Å². The highest BCUT2D eigenvalue weighted by molar-refractivity contribution is 6.35. The van der Waals surface area contributed by atoms with Crippen LogP contribution in [0.3, 0.4) is 0 Å². The van der Waals surface area contributed by atoms with Crippen molar-refractivity contribution >= 4 is 35.0 Å². The maximum absolute atomic E-state index is 12.5. The molecule has 0 heterocycles. The van der Waals surface area contributed by atoms with Gasteiger partial charge in [0.05, 0.1) is 11.6 Å². The van der Waals surface area contributed by atoms with Crippen LogP contribution in [0, 0.1) is 0 Å². The molecule has 154 valence electrons. The number of amides is 2. The minimum absolute atomic E-state index is 0.131. The van der Waals surface area contributed by atoms with Gasteiger partial charge in [0.15, 0.2) is 0 Å². The van der Waals surface area contributed by atoms with Crippen molar-refractivity contribution in [2.75, 3.05) is 6.61 Å². The molecule has 0 radical (unpaired) electrons. The Kier molecular flexibility index (Phi) is 7.78. The lowest BCUT2D eigenvalue weighted by atomic mass is 10.0. The molecule has 1 fully saturated rings. The molecule has 2 amide bonds. The topological polar surface area (TPSA) is 67.4 Å². The van der Waals surface area contributed by atoms with E-state index in [1.54, 1.807) is 18.2 Å². The highest BCUT2D eigenvalue weighted by Crippen LogP contribution is 2.27. The summed E-state index contributed by atoms with van der Waals surface area (Å²) in [5, 5.41) is 6.81. The molecule has 1 saturated carbocycles. The van der Waals surface area contributed by atoms with E-state index in [0.717, 1.165) is 18.4 Å². The van der Waals surface area contributed by atoms with Gasteiger partial charge in [0.1, 0.15) is 11.8 Å². The number of ether oxygens (including phenoxy) is 1. The van der Waals surface area contributed by atoms with Gasteiger partial charge >= 0.3 is 0 Å². The van der Waals surface area contributed by atoms with Crippen LogP contribution in [0.25, 0.3) is 0 Å². The standard InChI is InChI=1S/C22H24Cl2N2O3/c23-16-8-11-20(18(24)14-16)29-12-4-7-21(27)26-19(22(28)25-17-9-10-17)13-15-5-2-1-3-6-15/h1-3,5-6,8,11,14,17,19H,4,7,9-10,12-13H2,(H,25,28)(H,26,27). The summed E-state index contributed by atoms with van der Waals surface area (Å²) in [6, 6.07) is 14.3. The zero-order valence-electron chi connectivity index (χ0n) is 16.0. The van der Waals surface area contributed by atoms with Crippen LogP contribution in [-0.4, -0.2) is 30.5 Å². The van der Waals surface area contributed by atoms with Crippen LogP contribution in [0.15, 0.2) is 48.5 Å². The molecule has 2 aromatic carbocycles. The number of carbonyl (C=O) groups is 2. The van der Waals surface area contributed by atoms with Crippen LogP contribution in [-0.2, 0) is 16.0 Å². The SMILES string of the molecule is O=C(CCCOc1ccc(Cl)cc1Cl)NC(Cc1ccccc1)C(=O)NC1CC1. The minimum Gasteiger partial charge on any atom is -0.492 e. The van der Waals surface area contributed by atoms with Crippen LogP contribution >= 0.6 is 23.2 Å². The average molecular weight is 435 g/mol. The first-order valence-electron chi connectivity index (χ1n) is 9.73. The molecule has 2 N–H and O–H groups in total. The van der Waals surface area contributed by atoms with E-state index in [4.69, 9.17) is 27.9 Å². The summed E-state index contributed by atoms with van der Waals surface area (Å²) in [6.45, 7) is 0.340. The molecule has 29 heavy (non-hydrogen) atoms. The summed E-state index contributed by atoms with van der Waals surface area (Å²) < 4.78 is 5.60. The third-order valence-electron chi connectivity index (χ3n) is 4.56. The highest BCUT2D eigenvalue weighted by Gasteiger charge is 2.28. The maximum Gasteiger partial charge on any atom is 0.243 e. The normalized spacial score (nSPS) is 14.1. The predicted octanol–water partition coefficient (Wildman–Crippen LogP) is 4.16. The van der Waals surface area contributed by atoms with Crippen molar-refractivity contribution in [2.45, 2.75) is 44.2 Å². The molecule has 0 bridgehead atoms. The minimum atomic E-state index is -0.586. The van der Waals surface area contributed by atoms with Crippen LogP contribution in [0.4, 0.5) is 0 Å². The molecular weight excluding hydrogens is 411 g/mol. The van der Waals surface area contributed by atoms with Crippen LogP contribution in [0.5, 0.6) is 5.75 Å². The van der Waals surface area contributed by atoms with Crippen LogP contribution in [0.1, 0.15) is 31.2 Å². The average Bonchev–Trinajstić information content (AvgIpc) is 3.51. The van der Waals surface area contributed by atoms with Crippen molar-refractivity contribution in [3.63, 3.8) is 0 Å². The molecule has 0 saturated heterocycles. The monoisotopic (exact) mass is 434 g/mol. The Morgan fingerprint density at radius 1 is 1.10 bits per heavy atom. The summed E-state index contributed by atoms with van der Waals surface area (Å²) in [5.41, 5.74) is 1.00. The van der Waals surface area contributed by atoms with E-state index in [-0.39, 0.29) is 24.3 Å². The smallest absolute Gasteiger partial charge is 0.243 e. The molecule has 7 heteroatoms. The highest BCUT2D eigenvalue weighted by atomic mass is 35.5. The number of halogens is 2. The van der Waals surface area contributed by atoms with Crippen molar-refractivity contribution in [3.05, 3.63) is 64.1 Å². The van der Waals surface area contributed by atoms with Crippen LogP contribution < -0.4 is 15.4 Å². The number of hydrogen-bond acceptors (Lipinski definition) is 3. The number of rotatable bonds is 10. The summed E-state index contributed by atoms with van der Waals surface area (Å²) in [6.07, 6.45) is 3.23. The van der Waals surface area contributed by atoms with Gasteiger partial charge in [-0.15, -0.1) is 0 Å². The Morgan fingerprint density at radius 3 is 2.55 bits per heavy atom. The number of benzene rings is 2. The molecule has 0 aromatic heterocycles. The number of carbonyl (C=O) groups excluding carboxylic acids is 2. The second-order valence-electron chi connectivity index (χ2n) is 7.12. The zero-order chi connectivity index (χ0) is 20.6. The molecule has 1 atom stereocenters. The van der Waals surface area contributed by atoms with Gasteiger partial charge in [-0.2, -0.15) is 0 Å². The fourth-order valence-electron chi connectivity index (χ4n) is 2.86. The van der Waals surface area contributed by atoms with Gasteiger partial charge in [-0.3, -0.25) is 9.59 Å². The maximum atomic E-state index is 12.5. The third kappa shape index (κ3) is 7.26. The predicted molar refractivity (Wildman–Crippen MR) is 114 cm³/mol. The molecule has 2 aromatic rings. The Balaban J connectivity index is 1.47. The largest absolute Gasteiger partial charge is 0.492 e. The zero-order valence-corrected chi connectivity index (χ0v) is 17.5. The summed E-state index contributed by atoms with van der Waals surface area (Å²) in [5.74, 6) is 0.221. The van der Waals surface area contributed by atoms with Gasteiger partial charge in [-0.1, -0.05) is 53.5 Å². The summed E-state index contributed by atoms with van der Waals surface area (Å²) >= 11 is 11.9. The molecule has 1 aliphatic rings. The third-order valence-corrected chi connectivity index (χ3v) is 5.09. The van der Waals surface area contributed by atoms with Gasteiger partial charge in [-0.25, -0.2) is 0 Å². The van der Waals surface area contributed by atoms with Gasteiger partial charge < -0.3 is 15.4 Å². The number of hydrogen-bond donors (Lipinski definition) is 2. The van der Waals surface area contributed by atoms with Gasteiger partial charge in [-0.05, 0) is 43.0 Å². The summed E-state index contributed by atoms with van der Waals surface area (Å²) in [4.78, 5) is 24.9. The van der Waals surface area contributed by atoms with Crippen molar-refractivity contribution in [3.8, 4) is 5.75 Å². The molecule has 5 nitrogen and oxygen atoms in total. The molecule has 0 spiro atoms. The van der Waals surface area contributed by atoms with Gasteiger partial charge in [0.25, 0.3) is 0 Å². The first kappa shape index (κ1) is 21.5. The first-order chi connectivity index (χ1) is 14.0. The van der Waals surface area contributed by atoms with E-state index in [0.29, 0.717) is 35.2 Å². The Morgan fingerprint density at radius 2 is 1.86 bits per heavy atom. The van der Waals surface area contributed by atoms with Gasteiger partial charge in [0, 0.05) is 23.9 Å². The lowest BCUT2D eigenvalue weighted by Gasteiger charge is -2.19. The molecule has 0 aliphatic heterocycles. The van der Waals surface area contributed by atoms with Crippen LogP contribution in [0.2, 0.25) is 10.0 Å². The fourth-order valence-corrected chi connectivity index (χ4v) is 3.33. The van der Waals surface area contributed by atoms with Crippen molar-refractivity contribution in [2.24, 2.45) is 0 Å². The van der Waals surface area contributed by atoms with Gasteiger partial charge in [0.2, 0.25) is 11.8 Å². The second kappa shape index (κ2) is 10.5. The Labute approximate surface area is 180 Å². The quantitative estimate of drug-likeness (QED) is 0.551.